The second-order valence-electron chi connectivity index (χ2n) is 5.32. The van der Waals surface area contributed by atoms with Crippen molar-refractivity contribution in [1.29, 1.82) is 0 Å². The number of benzene rings is 2. The van der Waals surface area contributed by atoms with Crippen molar-refractivity contribution in [2.45, 2.75) is 33.7 Å². The van der Waals surface area contributed by atoms with Crippen molar-refractivity contribution < 1.29 is 4.39 Å². The SMILES string of the molecule is Cc1cc(C)c(C)c(C(N)c2ccc(Cl)cc2F)c1C. The molecule has 0 aliphatic rings. The summed E-state index contributed by atoms with van der Waals surface area (Å²) in [5.41, 5.74) is 12.4. The Morgan fingerprint density at radius 3 is 2.05 bits per heavy atom. The monoisotopic (exact) mass is 291 g/mol. The predicted octanol–water partition coefficient (Wildman–Crippen LogP) is 4.76. The van der Waals surface area contributed by atoms with Gasteiger partial charge in [-0.05, 0) is 67.6 Å². The molecule has 0 saturated carbocycles. The van der Waals surface area contributed by atoms with Crippen LogP contribution in [-0.4, -0.2) is 0 Å². The van der Waals surface area contributed by atoms with Crippen molar-refractivity contribution in [1.82, 2.24) is 0 Å². The fourth-order valence-corrected chi connectivity index (χ4v) is 2.78. The van der Waals surface area contributed by atoms with Crippen LogP contribution in [0.15, 0.2) is 24.3 Å². The molecule has 3 heteroatoms. The fraction of sp³-hybridized carbons (Fsp3) is 0.294. The Kier molecular flexibility index (Phi) is 4.17. The highest BCUT2D eigenvalue weighted by Crippen LogP contribution is 2.31. The van der Waals surface area contributed by atoms with Gasteiger partial charge in [0.25, 0.3) is 0 Å². The minimum atomic E-state index is -0.481. The lowest BCUT2D eigenvalue weighted by atomic mass is 9.87. The summed E-state index contributed by atoms with van der Waals surface area (Å²) in [4.78, 5) is 0. The predicted molar refractivity (Wildman–Crippen MR) is 82.8 cm³/mol. The van der Waals surface area contributed by atoms with Crippen LogP contribution in [0, 0.1) is 33.5 Å². The second kappa shape index (κ2) is 5.55. The Morgan fingerprint density at radius 1 is 1.00 bits per heavy atom. The summed E-state index contributed by atoms with van der Waals surface area (Å²) in [6.07, 6.45) is 0. The average molecular weight is 292 g/mol. The molecule has 0 saturated heterocycles. The fourth-order valence-electron chi connectivity index (χ4n) is 2.62. The van der Waals surface area contributed by atoms with Gasteiger partial charge in [-0.2, -0.15) is 0 Å². The van der Waals surface area contributed by atoms with E-state index < -0.39 is 6.04 Å². The Labute approximate surface area is 124 Å². The highest BCUT2D eigenvalue weighted by molar-refractivity contribution is 6.30. The molecule has 2 aromatic carbocycles. The third-order valence-corrected chi connectivity index (χ3v) is 4.27. The Morgan fingerprint density at radius 2 is 1.55 bits per heavy atom. The molecule has 0 amide bonds. The molecule has 20 heavy (non-hydrogen) atoms. The van der Waals surface area contributed by atoms with Crippen LogP contribution in [0.4, 0.5) is 4.39 Å². The third-order valence-electron chi connectivity index (χ3n) is 4.03. The van der Waals surface area contributed by atoms with E-state index in [4.69, 9.17) is 17.3 Å². The Balaban J connectivity index is 2.62. The van der Waals surface area contributed by atoms with Gasteiger partial charge in [0, 0.05) is 10.6 Å². The van der Waals surface area contributed by atoms with Gasteiger partial charge >= 0.3 is 0 Å². The maximum Gasteiger partial charge on any atom is 0.129 e. The molecule has 0 heterocycles. The van der Waals surface area contributed by atoms with Crippen LogP contribution in [0.1, 0.15) is 39.4 Å². The number of rotatable bonds is 2. The standard InChI is InChI=1S/C17H19ClFN/c1-9-7-10(2)12(4)16(11(9)3)17(20)14-6-5-13(18)8-15(14)19/h5-8,17H,20H2,1-4H3. The molecular weight excluding hydrogens is 273 g/mol. The van der Waals surface area contributed by atoms with Crippen LogP contribution in [0.5, 0.6) is 0 Å². The van der Waals surface area contributed by atoms with Gasteiger partial charge in [-0.1, -0.05) is 23.7 Å². The summed E-state index contributed by atoms with van der Waals surface area (Å²) in [5.74, 6) is -0.358. The first kappa shape index (κ1) is 15.0. The van der Waals surface area contributed by atoms with E-state index in [0.717, 1.165) is 16.7 Å². The normalized spacial score (nSPS) is 12.6. The van der Waals surface area contributed by atoms with Crippen LogP contribution in [0.2, 0.25) is 5.02 Å². The van der Waals surface area contributed by atoms with Crippen LogP contribution in [0.25, 0.3) is 0 Å². The largest absolute Gasteiger partial charge is 0.320 e. The highest BCUT2D eigenvalue weighted by atomic mass is 35.5. The minimum Gasteiger partial charge on any atom is -0.320 e. The smallest absolute Gasteiger partial charge is 0.129 e. The Bertz CT molecular complexity index is 638. The van der Waals surface area contributed by atoms with Crippen molar-refractivity contribution >= 4 is 11.6 Å². The maximum absolute atomic E-state index is 14.1. The molecule has 2 rings (SSSR count). The number of aryl methyl sites for hydroxylation is 2. The maximum atomic E-state index is 14.1. The zero-order valence-electron chi connectivity index (χ0n) is 12.2. The van der Waals surface area contributed by atoms with Gasteiger partial charge in [0.15, 0.2) is 0 Å². The molecular formula is C17H19ClFN. The highest BCUT2D eigenvalue weighted by Gasteiger charge is 2.19. The summed E-state index contributed by atoms with van der Waals surface area (Å²) >= 11 is 5.80. The molecule has 2 aromatic rings. The first-order valence-electron chi connectivity index (χ1n) is 6.60. The lowest BCUT2D eigenvalue weighted by Crippen LogP contribution is -2.17. The zero-order valence-corrected chi connectivity index (χ0v) is 13.0. The van der Waals surface area contributed by atoms with E-state index in [1.165, 1.54) is 17.2 Å². The average Bonchev–Trinajstić information content (AvgIpc) is 2.36. The van der Waals surface area contributed by atoms with Crippen LogP contribution in [0.3, 0.4) is 0 Å². The van der Waals surface area contributed by atoms with Gasteiger partial charge in [0.2, 0.25) is 0 Å². The van der Waals surface area contributed by atoms with E-state index in [0.29, 0.717) is 10.6 Å². The van der Waals surface area contributed by atoms with E-state index in [1.807, 2.05) is 13.8 Å². The number of halogens is 2. The summed E-state index contributed by atoms with van der Waals surface area (Å²) in [7, 11) is 0. The molecule has 1 nitrogen and oxygen atoms in total. The van der Waals surface area contributed by atoms with E-state index in [9.17, 15) is 4.39 Å². The van der Waals surface area contributed by atoms with Crippen LogP contribution in [-0.2, 0) is 0 Å². The van der Waals surface area contributed by atoms with Gasteiger partial charge in [-0.15, -0.1) is 0 Å². The molecule has 106 valence electrons. The molecule has 0 radical (unpaired) electrons. The van der Waals surface area contributed by atoms with Crippen molar-refractivity contribution in [2.75, 3.05) is 0 Å². The minimum absolute atomic E-state index is 0.358. The van der Waals surface area contributed by atoms with Crippen molar-refractivity contribution in [3.8, 4) is 0 Å². The Hall–Kier alpha value is -1.38. The second-order valence-corrected chi connectivity index (χ2v) is 5.75. The van der Waals surface area contributed by atoms with Gasteiger partial charge in [-0.25, -0.2) is 4.39 Å². The summed E-state index contributed by atoms with van der Waals surface area (Å²) in [6, 6.07) is 6.31. The van der Waals surface area contributed by atoms with Gasteiger partial charge < -0.3 is 5.73 Å². The van der Waals surface area contributed by atoms with Gasteiger partial charge in [0.1, 0.15) is 5.82 Å². The molecule has 0 fully saturated rings. The zero-order chi connectivity index (χ0) is 15.0. The van der Waals surface area contributed by atoms with E-state index in [2.05, 4.69) is 19.9 Å². The van der Waals surface area contributed by atoms with E-state index in [-0.39, 0.29) is 5.82 Å². The van der Waals surface area contributed by atoms with Crippen LogP contribution < -0.4 is 5.73 Å². The third kappa shape index (κ3) is 2.58. The first-order chi connectivity index (χ1) is 9.32. The molecule has 2 N–H and O–H groups in total. The number of hydrogen-bond donors (Lipinski definition) is 1. The molecule has 0 aliphatic carbocycles. The van der Waals surface area contributed by atoms with Crippen molar-refractivity contribution in [3.05, 3.63) is 68.5 Å². The molecule has 1 unspecified atom stereocenters. The van der Waals surface area contributed by atoms with Gasteiger partial charge in [-0.3, -0.25) is 0 Å². The van der Waals surface area contributed by atoms with Gasteiger partial charge in [0.05, 0.1) is 6.04 Å². The van der Waals surface area contributed by atoms with Crippen molar-refractivity contribution in [2.24, 2.45) is 5.73 Å². The first-order valence-corrected chi connectivity index (χ1v) is 6.98. The van der Waals surface area contributed by atoms with E-state index in [1.54, 1.807) is 12.1 Å². The topological polar surface area (TPSA) is 26.0 Å². The molecule has 1 atom stereocenters. The lowest BCUT2D eigenvalue weighted by Gasteiger charge is -2.22. The molecule has 0 aliphatic heterocycles. The number of nitrogens with two attached hydrogens (primary N) is 1. The molecule has 0 spiro atoms. The summed E-state index contributed by atoms with van der Waals surface area (Å²) in [5, 5.41) is 0.382. The van der Waals surface area contributed by atoms with Crippen molar-refractivity contribution in [3.63, 3.8) is 0 Å². The summed E-state index contributed by atoms with van der Waals surface area (Å²) < 4.78 is 14.1. The quantitative estimate of drug-likeness (QED) is 0.848. The lowest BCUT2D eigenvalue weighted by molar-refractivity contribution is 0.598. The molecule has 0 bridgehead atoms. The van der Waals surface area contributed by atoms with E-state index >= 15 is 0 Å². The van der Waals surface area contributed by atoms with Crippen LogP contribution >= 0.6 is 11.6 Å². The molecule has 0 aromatic heterocycles. The number of hydrogen-bond acceptors (Lipinski definition) is 1. The summed E-state index contributed by atoms with van der Waals surface area (Å²) in [6.45, 7) is 8.17.